The van der Waals surface area contributed by atoms with Crippen molar-refractivity contribution in [3.63, 3.8) is 0 Å². The molecule has 0 aliphatic carbocycles. The number of β-amino-alcohol motifs (C(OH)–C–C–N with tert-alkyl or cyclic N) is 1. The molecule has 0 saturated heterocycles. The molecule has 0 unspecified atom stereocenters. The number of benzene rings is 1. The highest BCUT2D eigenvalue weighted by Crippen LogP contribution is 2.23. The zero-order chi connectivity index (χ0) is 12.3. The van der Waals surface area contributed by atoms with Gasteiger partial charge in [-0.25, -0.2) is 0 Å². The van der Waals surface area contributed by atoms with Gasteiger partial charge >= 0.3 is 0 Å². The molecule has 0 atom stereocenters. The van der Waals surface area contributed by atoms with Crippen molar-refractivity contribution in [2.45, 2.75) is 19.4 Å². The van der Waals surface area contributed by atoms with Crippen LogP contribution in [0.1, 0.15) is 17.5 Å². The first-order valence-corrected chi connectivity index (χ1v) is 5.80. The highest BCUT2D eigenvalue weighted by atomic mass is 16.6. The van der Waals surface area contributed by atoms with Gasteiger partial charge in [0.2, 0.25) is 0 Å². The van der Waals surface area contributed by atoms with E-state index in [1.807, 2.05) is 6.07 Å². The molecule has 1 aromatic rings. The van der Waals surface area contributed by atoms with Crippen LogP contribution in [0.4, 0.5) is 5.69 Å². The number of fused-ring (bicyclic) bond motifs is 1. The molecule has 1 N–H and O–H groups in total. The van der Waals surface area contributed by atoms with Crippen molar-refractivity contribution < 1.29 is 10.0 Å². The predicted octanol–water partition coefficient (Wildman–Crippen LogP) is 1.34. The normalized spacial score (nSPS) is 16.3. The molecule has 5 nitrogen and oxygen atoms in total. The van der Waals surface area contributed by atoms with Crippen LogP contribution in [-0.4, -0.2) is 34.6 Å². The molecule has 5 heteroatoms. The fraction of sp³-hybridized carbons (Fsp3) is 0.500. The maximum Gasteiger partial charge on any atom is 0.269 e. The standard InChI is InChI=1S/C12H16N2O3/c15-7-6-13-5-1-2-10-3-4-12(14(16)17)8-11(10)9-13/h3-4,8,15H,1-2,5-7,9H2. The number of aryl methyl sites for hydroxylation is 1. The van der Waals surface area contributed by atoms with Crippen molar-refractivity contribution in [1.29, 1.82) is 0 Å². The van der Waals surface area contributed by atoms with Crippen molar-refractivity contribution in [3.8, 4) is 0 Å². The van der Waals surface area contributed by atoms with E-state index in [1.165, 1.54) is 5.56 Å². The van der Waals surface area contributed by atoms with Gasteiger partial charge in [0.25, 0.3) is 5.69 Å². The molecule has 0 spiro atoms. The van der Waals surface area contributed by atoms with E-state index in [-0.39, 0.29) is 17.2 Å². The van der Waals surface area contributed by atoms with Crippen molar-refractivity contribution in [2.75, 3.05) is 19.7 Å². The van der Waals surface area contributed by atoms with Crippen molar-refractivity contribution >= 4 is 5.69 Å². The Balaban J connectivity index is 2.25. The second kappa shape index (κ2) is 5.25. The fourth-order valence-corrected chi connectivity index (χ4v) is 2.26. The Morgan fingerprint density at radius 3 is 2.94 bits per heavy atom. The quantitative estimate of drug-likeness (QED) is 0.635. The molecule has 2 rings (SSSR count). The van der Waals surface area contributed by atoms with E-state index in [9.17, 15) is 10.1 Å². The minimum Gasteiger partial charge on any atom is -0.395 e. The molecule has 0 aromatic heterocycles. The van der Waals surface area contributed by atoms with Crippen LogP contribution in [0.3, 0.4) is 0 Å². The summed E-state index contributed by atoms with van der Waals surface area (Å²) < 4.78 is 0. The first-order chi connectivity index (χ1) is 8.20. The van der Waals surface area contributed by atoms with Crippen LogP contribution in [0.5, 0.6) is 0 Å². The molecule has 1 aromatic carbocycles. The summed E-state index contributed by atoms with van der Waals surface area (Å²) in [6.07, 6.45) is 1.99. The molecule has 0 radical (unpaired) electrons. The molecule has 1 aliphatic heterocycles. The van der Waals surface area contributed by atoms with Crippen LogP contribution in [0.2, 0.25) is 0 Å². The summed E-state index contributed by atoms with van der Waals surface area (Å²) in [6, 6.07) is 5.08. The van der Waals surface area contributed by atoms with E-state index in [1.54, 1.807) is 12.1 Å². The number of aliphatic hydroxyl groups is 1. The van der Waals surface area contributed by atoms with Gasteiger partial charge in [0, 0.05) is 25.2 Å². The number of rotatable bonds is 3. The van der Waals surface area contributed by atoms with Gasteiger partial charge < -0.3 is 5.11 Å². The minimum atomic E-state index is -0.360. The Labute approximate surface area is 99.8 Å². The minimum absolute atomic E-state index is 0.129. The number of aliphatic hydroxyl groups excluding tert-OH is 1. The summed E-state index contributed by atoms with van der Waals surface area (Å²) in [7, 11) is 0. The van der Waals surface area contributed by atoms with Crippen LogP contribution in [0.25, 0.3) is 0 Å². The predicted molar refractivity (Wildman–Crippen MR) is 63.8 cm³/mol. The van der Waals surface area contributed by atoms with Gasteiger partial charge in [0.15, 0.2) is 0 Å². The molecule has 0 saturated carbocycles. The third-order valence-electron chi connectivity index (χ3n) is 3.13. The average molecular weight is 236 g/mol. The molecular formula is C12H16N2O3. The zero-order valence-electron chi connectivity index (χ0n) is 9.63. The van der Waals surface area contributed by atoms with Crippen LogP contribution >= 0.6 is 0 Å². The summed E-state index contributed by atoms with van der Waals surface area (Å²) in [6.45, 7) is 2.38. The van der Waals surface area contributed by atoms with Gasteiger partial charge in [-0.3, -0.25) is 15.0 Å². The number of nitro benzene ring substituents is 1. The highest BCUT2D eigenvalue weighted by molar-refractivity contribution is 5.40. The average Bonchev–Trinajstić information content (AvgIpc) is 2.50. The molecular weight excluding hydrogens is 220 g/mol. The zero-order valence-corrected chi connectivity index (χ0v) is 9.63. The Bertz CT molecular complexity index is 420. The lowest BCUT2D eigenvalue weighted by Gasteiger charge is -2.18. The molecule has 0 fully saturated rings. The summed E-state index contributed by atoms with van der Waals surface area (Å²) in [5.41, 5.74) is 2.36. The molecule has 17 heavy (non-hydrogen) atoms. The number of nitro groups is 1. The van der Waals surface area contributed by atoms with E-state index >= 15 is 0 Å². The third kappa shape index (κ3) is 2.81. The van der Waals surface area contributed by atoms with Gasteiger partial charge in [-0.05, 0) is 30.5 Å². The molecule has 0 amide bonds. The first-order valence-electron chi connectivity index (χ1n) is 5.80. The Hall–Kier alpha value is -1.46. The number of nitrogens with zero attached hydrogens (tertiary/aromatic N) is 2. The number of hydrogen-bond acceptors (Lipinski definition) is 4. The Morgan fingerprint density at radius 2 is 2.24 bits per heavy atom. The first kappa shape index (κ1) is 12.0. The van der Waals surface area contributed by atoms with Gasteiger partial charge in [0.1, 0.15) is 0 Å². The molecule has 1 aliphatic rings. The maximum absolute atomic E-state index is 10.7. The third-order valence-corrected chi connectivity index (χ3v) is 3.13. The molecule has 92 valence electrons. The van der Waals surface area contributed by atoms with E-state index < -0.39 is 0 Å². The summed E-state index contributed by atoms with van der Waals surface area (Å²) in [4.78, 5) is 12.5. The van der Waals surface area contributed by atoms with Gasteiger partial charge in [-0.2, -0.15) is 0 Å². The van der Waals surface area contributed by atoms with Crippen molar-refractivity contribution in [3.05, 3.63) is 39.4 Å². The second-order valence-corrected chi connectivity index (χ2v) is 4.31. The molecule has 1 heterocycles. The Kier molecular flexibility index (Phi) is 3.71. The van der Waals surface area contributed by atoms with E-state index in [4.69, 9.17) is 5.11 Å². The lowest BCUT2D eigenvalue weighted by molar-refractivity contribution is -0.384. The second-order valence-electron chi connectivity index (χ2n) is 4.31. The number of hydrogen-bond donors (Lipinski definition) is 1. The van der Waals surface area contributed by atoms with Crippen LogP contribution in [0, 0.1) is 10.1 Å². The summed E-state index contributed by atoms with van der Waals surface area (Å²) in [5.74, 6) is 0. The Morgan fingerprint density at radius 1 is 1.41 bits per heavy atom. The largest absolute Gasteiger partial charge is 0.395 e. The van der Waals surface area contributed by atoms with Crippen LogP contribution in [0.15, 0.2) is 18.2 Å². The maximum atomic E-state index is 10.7. The fourth-order valence-electron chi connectivity index (χ4n) is 2.26. The number of non-ortho nitro benzene ring substituents is 1. The van der Waals surface area contributed by atoms with Gasteiger partial charge in [-0.1, -0.05) is 6.07 Å². The topological polar surface area (TPSA) is 66.6 Å². The SMILES string of the molecule is O=[N+]([O-])c1ccc2c(c1)CN(CCO)CCC2. The molecule has 0 bridgehead atoms. The highest BCUT2D eigenvalue weighted by Gasteiger charge is 2.16. The lowest BCUT2D eigenvalue weighted by atomic mass is 10.0. The van der Waals surface area contributed by atoms with E-state index in [2.05, 4.69) is 4.90 Å². The van der Waals surface area contributed by atoms with Gasteiger partial charge in [0.05, 0.1) is 11.5 Å². The summed E-state index contributed by atoms with van der Waals surface area (Å²) >= 11 is 0. The van der Waals surface area contributed by atoms with Crippen molar-refractivity contribution in [1.82, 2.24) is 4.90 Å². The van der Waals surface area contributed by atoms with Crippen LogP contribution in [-0.2, 0) is 13.0 Å². The van der Waals surface area contributed by atoms with E-state index in [0.29, 0.717) is 13.1 Å². The van der Waals surface area contributed by atoms with Crippen LogP contribution < -0.4 is 0 Å². The van der Waals surface area contributed by atoms with Gasteiger partial charge in [-0.15, -0.1) is 0 Å². The smallest absolute Gasteiger partial charge is 0.269 e. The summed E-state index contributed by atoms with van der Waals surface area (Å²) in [5, 5.41) is 19.7. The lowest BCUT2D eigenvalue weighted by Crippen LogP contribution is -2.26. The monoisotopic (exact) mass is 236 g/mol. The van der Waals surface area contributed by atoms with Crippen molar-refractivity contribution in [2.24, 2.45) is 0 Å². The van der Waals surface area contributed by atoms with E-state index in [0.717, 1.165) is 24.9 Å².